The van der Waals surface area contributed by atoms with Gasteiger partial charge in [0, 0.05) is 13.5 Å². The highest BCUT2D eigenvalue weighted by Crippen LogP contribution is 2.39. The van der Waals surface area contributed by atoms with Crippen molar-refractivity contribution in [3.63, 3.8) is 0 Å². The Morgan fingerprint density at radius 3 is 2.36 bits per heavy atom. The van der Waals surface area contributed by atoms with Crippen molar-refractivity contribution in [3.05, 3.63) is 36.1 Å². The van der Waals surface area contributed by atoms with E-state index in [2.05, 4.69) is 0 Å². The van der Waals surface area contributed by atoms with Crippen LogP contribution in [0.5, 0.6) is 5.75 Å². The Morgan fingerprint density at radius 1 is 1.03 bits per heavy atom. The number of carbonyl (C=O) groups excluding carboxylic acids is 1. The van der Waals surface area contributed by atoms with Gasteiger partial charge in [0.05, 0.1) is 36.6 Å². The molecule has 2 aliphatic heterocycles. The van der Waals surface area contributed by atoms with E-state index in [0.717, 1.165) is 0 Å². The van der Waals surface area contributed by atoms with E-state index in [9.17, 15) is 35.4 Å². The lowest BCUT2D eigenvalue weighted by molar-refractivity contribution is -0.326. The number of aliphatic hydroxyl groups is 5. The molecule has 0 amide bonds. The molecule has 0 radical (unpaired) electrons. The van der Waals surface area contributed by atoms with Crippen LogP contribution in [0.2, 0.25) is 0 Å². The molecule has 1 aliphatic carbocycles. The Kier molecular flexibility index (Phi) is 7.03. The van der Waals surface area contributed by atoms with Crippen molar-refractivity contribution in [1.29, 1.82) is 0 Å². The van der Waals surface area contributed by atoms with Gasteiger partial charge < -0.3 is 49.6 Å². The van der Waals surface area contributed by atoms with Crippen LogP contribution in [0.25, 0.3) is 5.57 Å². The minimum atomic E-state index is -1.62. The molecule has 2 heterocycles. The van der Waals surface area contributed by atoms with Crippen molar-refractivity contribution in [1.82, 2.24) is 0 Å². The molecular weight excluding hydrogens is 440 g/mol. The van der Waals surface area contributed by atoms with E-state index < -0.39 is 67.6 Å². The van der Waals surface area contributed by atoms with Gasteiger partial charge in [0.2, 0.25) is 0 Å². The quantitative estimate of drug-likeness (QED) is 0.290. The summed E-state index contributed by atoms with van der Waals surface area (Å²) in [4.78, 5) is 13.2. The Balaban J connectivity index is 1.53. The maximum absolute atomic E-state index is 13.2. The summed E-state index contributed by atoms with van der Waals surface area (Å²) in [7, 11) is 1.34. The number of methoxy groups -OCH3 is 1. The molecule has 6 N–H and O–H groups in total. The largest absolute Gasteiger partial charge is 0.508 e. The van der Waals surface area contributed by atoms with Crippen LogP contribution >= 0.6 is 0 Å². The molecular formula is C22H28O11. The topological polar surface area (TPSA) is 175 Å². The van der Waals surface area contributed by atoms with E-state index in [4.69, 9.17) is 18.9 Å². The highest BCUT2D eigenvalue weighted by atomic mass is 16.7. The number of rotatable bonds is 5. The van der Waals surface area contributed by atoms with Crippen LogP contribution in [-0.4, -0.2) is 105 Å². The summed E-state index contributed by atoms with van der Waals surface area (Å²) < 4.78 is 22.4. The van der Waals surface area contributed by atoms with Crippen LogP contribution in [0.1, 0.15) is 12.0 Å². The highest BCUT2D eigenvalue weighted by molar-refractivity contribution is 6.22. The van der Waals surface area contributed by atoms with Crippen molar-refractivity contribution in [2.24, 2.45) is 5.92 Å². The number of phenols is 1. The van der Waals surface area contributed by atoms with Crippen molar-refractivity contribution in [2.75, 3.05) is 13.7 Å². The monoisotopic (exact) mass is 468 g/mol. The fourth-order valence-electron chi connectivity index (χ4n) is 4.64. The summed E-state index contributed by atoms with van der Waals surface area (Å²) in [5.74, 6) is -1.25. The maximum atomic E-state index is 13.2. The molecule has 10 atom stereocenters. The Hall–Kier alpha value is -2.09. The average Bonchev–Trinajstić information content (AvgIpc) is 2.80. The number of aliphatic hydroxyl groups excluding tert-OH is 5. The summed E-state index contributed by atoms with van der Waals surface area (Å²) in [5.41, 5.74) is 0.774. The van der Waals surface area contributed by atoms with E-state index in [1.165, 1.54) is 25.5 Å². The van der Waals surface area contributed by atoms with Gasteiger partial charge >= 0.3 is 0 Å². The second-order valence-corrected chi connectivity index (χ2v) is 8.44. The van der Waals surface area contributed by atoms with Gasteiger partial charge in [0.15, 0.2) is 12.1 Å². The molecule has 3 aliphatic rings. The first-order valence-corrected chi connectivity index (χ1v) is 10.6. The van der Waals surface area contributed by atoms with Gasteiger partial charge in [0.1, 0.15) is 42.4 Å². The van der Waals surface area contributed by atoms with Gasteiger partial charge in [-0.25, -0.2) is 0 Å². The molecule has 182 valence electrons. The molecule has 4 rings (SSSR count). The first-order valence-electron chi connectivity index (χ1n) is 10.6. The lowest BCUT2D eigenvalue weighted by Gasteiger charge is -2.47. The third kappa shape index (κ3) is 4.38. The van der Waals surface area contributed by atoms with Crippen LogP contribution in [-0.2, 0) is 23.7 Å². The zero-order valence-corrected chi connectivity index (χ0v) is 17.8. The molecule has 1 saturated carbocycles. The van der Waals surface area contributed by atoms with Gasteiger partial charge in [-0.2, -0.15) is 0 Å². The van der Waals surface area contributed by atoms with Crippen molar-refractivity contribution in [2.45, 2.75) is 61.5 Å². The number of aromatic hydroxyl groups is 1. The standard InChI is InChI=1S/C22H28O11/c1-30-21-13(32-22-20(29)19(28)17(26)14(7-23)33-22)6-12-15(18(21)27)16(25)11(8-31-12)9-2-4-10(24)5-3-9/h2-5,8,12-15,17-24,26-29H,6-7H2,1H3. The van der Waals surface area contributed by atoms with Crippen molar-refractivity contribution >= 4 is 11.4 Å². The molecule has 2 fully saturated rings. The third-order valence-corrected chi connectivity index (χ3v) is 6.47. The summed E-state index contributed by atoms with van der Waals surface area (Å²) in [6.07, 6.45) is -9.92. The second-order valence-electron chi connectivity index (χ2n) is 8.44. The smallest absolute Gasteiger partial charge is 0.187 e. The fraction of sp³-hybridized carbons (Fsp3) is 0.591. The molecule has 1 aromatic rings. The maximum Gasteiger partial charge on any atom is 0.187 e. The lowest BCUT2D eigenvalue weighted by atomic mass is 9.74. The van der Waals surface area contributed by atoms with E-state index >= 15 is 0 Å². The molecule has 1 aromatic carbocycles. The van der Waals surface area contributed by atoms with E-state index in [-0.39, 0.29) is 23.5 Å². The molecule has 0 bridgehead atoms. The number of allylic oxidation sites excluding steroid dienone is 1. The molecule has 11 nitrogen and oxygen atoms in total. The van der Waals surface area contributed by atoms with Crippen LogP contribution in [0, 0.1) is 5.92 Å². The fourth-order valence-corrected chi connectivity index (χ4v) is 4.64. The van der Waals surface area contributed by atoms with E-state index in [0.29, 0.717) is 5.56 Å². The number of hydrogen-bond donors (Lipinski definition) is 6. The Labute approximate surface area is 189 Å². The normalized spacial score (nSPS) is 41.2. The van der Waals surface area contributed by atoms with Gasteiger partial charge in [-0.15, -0.1) is 0 Å². The first-order chi connectivity index (χ1) is 15.8. The summed E-state index contributed by atoms with van der Waals surface area (Å²) in [6, 6.07) is 6.01. The minimum absolute atomic E-state index is 0.0479. The predicted molar refractivity (Wildman–Crippen MR) is 110 cm³/mol. The van der Waals surface area contributed by atoms with E-state index in [1.54, 1.807) is 12.1 Å². The number of carbonyl (C=O) groups is 1. The number of fused-ring (bicyclic) bond motifs is 1. The molecule has 0 aromatic heterocycles. The number of ether oxygens (including phenoxy) is 4. The van der Waals surface area contributed by atoms with Crippen molar-refractivity contribution in [3.8, 4) is 5.75 Å². The SMILES string of the molecule is COC1C(OC2OC(CO)C(O)C(O)C2O)CC2OC=C(c3ccc(O)cc3)C(=O)C2C1O. The van der Waals surface area contributed by atoms with Gasteiger partial charge in [0.25, 0.3) is 0 Å². The van der Waals surface area contributed by atoms with Crippen LogP contribution in [0.4, 0.5) is 0 Å². The molecule has 0 spiro atoms. The zero-order chi connectivity index (χ0) is 23.9. The number of hydrogen-bond acceptors (Lipinski definition) is 11. The average molecular weight is 468 g/mol. The number of benzene rings is 1. The third-order valence-electron chi connectivity index (χ3n) is 6.47. The zero-order valence-electron chi connectivity index (χ0n) is 17.8. The summed E-state index contributed by atoms with van der Waals surface area (Å²) in [5, 5.41) is 60.1. The van der Waals surface area contributed by atoms with Crippen molar-refractivity contribution < 1.29 is 54.4 Å². The van der Waals surface area contributed by atoms with Gasteiger partial charge in [-0.05, 0) is 17.7 Å². The lowest BCUT2D eigenvalue weighted by Crippen LogP contribution is -2.63. The first kappa shape index (κ1) is 24.0. The summed E-state index contributed by atoms with van der Waals surface area (Å²) in [6.45, 7) is -0.612. The van der Waals surface area contributed by atoms with E-state index in [1.807, 2.05) is 0 Å². The highest BCUT2D eigenvalue weighted by Gasteiger charge is 2.53. The number of phenolic OH excluding ortho intramolecular Hbond substituents is 1. The predicted octanol–water partition coefficient (Wildman–Crippen LogP) is -1.72. The number of Topliss-reactive ketones (excluding diaryl/α,β-unsaturated/α-hetero) is 1. The Morgan fingerprint density at radius 2 is 1.73 bits per heavy atom. The minimum Gasteiger partial charge on any atom is -0.508 e. The Bertz CT molecular complexity index is 870. The number of ketones is 1. The van der Waals surface area contributed by atoms with Gasteiger partial charge in [-0.3, -0.25) is 4.79 Å². The molecule has 10 unspecified atom stereocenters. The van der Waals surface area contributed by atoms with Crippen LogP contribution < -0.4 is 0 Å². The molecule has 11 heteroatoms. The molecule has 1 saturated heterocycles. The molecule has 33 heavy (non-hydrogen) atoms. The van der Waals surface area contributed by atoms with Gasteiger partial charge in [-0.1, -0.05) is 12.1 Å². The summed E-state index contributed by atoms with van der Waals surface area (Å²) >= 11 is 0. The van der Waals surface area contributed by atoms with Crippen LogP contribution in [0.15, 0.2) is 30.5 Å². The van der Waals surface area contributed by atoms with Crippen LogP contribution in [0.3, 0.4) is 0 Å². The second kappa shape index (κ2) is 9.65.